The van der Waals surface area contributed by atoms with Crippen LogP contribution in [0.4, 0.5) is 0 Å². The lowest BCUT2D eigenvalue weighted by Gasteiger charge is -2.27. The molecule has 1 saturated heterocycles. The van der Waals surface area contributed by atoms with Gasteiger partial charge in [-0.3, -0.25) is 9.59 Å². The first-order chi connectivity index (χ1) is 9.72. The van der Waals surface area contributed by atoms with Gasteiger partial charge in [-0.2, -0.15) is 17.0 Å². The van der Waals surface area contributed by atoms with E-state index < -0.39 is 17.6 Å². The third kappa shape index (κ3) is 3.52. The maximum atomic E-state index is 12.1. The molecule has 0 bridgehead atoms. The molecule has 1 aliphatic rings. The summed E-state index contributed by atoms with van der Waals surface area (Å²) in [6.07, 6.45) is 4.18. The number of ketones is 1. The second kappa shape index (κ2) is 6.96. The van der Waals surface area contributed by atoms with Crippen LogP contribution in [0.5, 0.6) is 0 Å². The summed E-state index contributed by atoms with van der Waals surface area (Å²) in [5.74, 6) is 0.0378. The number of allylic oxidation sites excluding steroid dienone is 1. The van der Waals surface area contributed by atoms with Crippen molar-refractivity contribution in [3.05, 3.63) is 30.2 Å². The van der Waals surface area contributed by atoms with Crippen LogP contribution in [0.1, 0.15) is 5.76 Å². The molecule has 0 radical (unpaired) electrons. The molecule has 0 N–H and O–H groups in total. The molecule has 2 heterocycles. The van der Waals surface area contributed by atoms with Crippen LogP contribution in [-0.4, -0.2) is 41.2 Å². The van der Waals surface area contributed by atoms with Crippen LogP contribution in [0.25, 0.3) is 6.08 Å². The van der Waals surface area contributed by atoms with Crippen LogP contribution in [0.2, 0.25) is 0 Å². The third-order valence-electron chi connectivity index (χ3n) is 2.94. The highest BCUT2D eigenvalue weighted by atomic mass is 32.2. The van der Waals surface area contributed by atoms with Gasteiger partial charge in [0.2, 0.25) is 5.91 Å². The van der Waals surface area contributed by atoms with E-state index in [9.17, 15) is 9.59 Å². The van der Waals surface area contributed by atoms with Crippen molar-refractivity contribution in [1.29, 1.82) is 5.26 Å². The Morgan fingerprint density at radius 2 is 2.20 bits per heavy atom. The zero-order valence-corrected chi connectivity index (χ0v) is 11.6. The Bertz CT molecular complexity index is 539. The minimum atomic E-state index is -1.26. The molecular weight excluding hydrogens is 276 g/mol. The monoisotopic (exact) mass is 290 g/mol. The first kappa shape index (κ1) is 14.4. The first-order valence-electron chi connectivity index (χ1n) is 6.24. The summed E-state index contributed by atoms with van der Waals surface area (Å²) < 4.78 is 5.05. The zero-order valence-electron chi connectivity index (χ0n) is 10.8. The summed E-state index contributed by atoms with van der Waals surface area (Å²) in [7, 11) is 0. The van der Waals surface area contributed by atoms with Crippen molar-refractivity contribution in [2.45, 2.75) is 0 Å². The van der Waals surface area contributed by atoms with Gasteiger partial charge >= 0.3 is 0 Å². The standard InChI is InChI=1S/C14H14N2O3S/c15-10-12(14(18)16-5-8-20-9-6-16)13(17)4-3-11-2-1-7-19-11/h1-4,7,12H,5-6,8-9H2/b4-3-/t12-/m0/s1. The minimum Gasteiger partial charge on any atom is -0.465 e. The predicted molar refractivity (Wildman–Crippen MR) is 75.8 cm³/mol. The van der Waals surface area contributed by atoms with Crippen LogP contribution < -0.4 is 0 Å². The van der Waals surface area contributed by atoms with E-state index in [1.165, 1.54) is 18.4 Å². The normalized spacial score (nSPS) is 16.9. The van der Waals surface area contributed by atoms with Crippen LogP contribution in [-0.2, 0) is 9.59 Å². The average molecular weight is 290 g/mol. The highest BCUT2D eigenvalue weighted by molar-refractivity contribution is 7.99. The predicted octanol–water partition coefficient (Wildman–Crippen LogP) is 1.58. The number of furan rings is 1. The van der Waals surface area contributed by atoms with Crippen molar-refractivity contribution < 1.29 is 14.0 Å². The number of nitrogens with zero attached hydrogens (tertiary/aromatic N) is 2. The number of carbonyl (C=O) groups is 2. The Morgan fingerprint density at radius 3 is 2.80 bits per heavy atom. The first-order valence-corrected chi connectivity index (χ1v) is 7.39. The number of nitriles is 1. The molecule has 1 aliphatic heterocycles. The van der Waals surface area contributed by atoms with Gasteiger partial charge in [0.25, 0.3) is 0 Å². The quantitative estimate of drug-likeness (QED) is 0.621. The number of thioether (sulfide) groups is 1. The fourth-order valence-electron chi connectivity index (χ4n) is 1.85. The third-order valence-corrected chi connectivity index (χ3v) is 3.88. The zero-order chi connectivity index (χ0) is 14.4. The van der Waals surface area contributed by atoms with Gasteiger partial charge in [0, 0.05) is 24.6 Å². The van der Waals surface area contributed by atoms with Crippen molar-refractivity contribution in [3.63, 3.8) is 0 Å². The summed E-state index contributed by atoms with van der Waals surface area (Å²) in [6, 6.07) is 5.19. The van der Waals surface area contributed by atoms with Crippen molar-refractivity contribution in [2.75, 3.05) is 24.6 Å². The van der Waals surface area contributed by atoms with E-state index in [1.54, 1.807) is 34.9 Å². The summed E-state index contributed by atoms with van der Waals surface area (Å²) in [6.45, 7) is 1.19. The minimum absolute atomic E-state index is 0.401. The van der Waals surface area contributed by atoms with E-state index in [4.69, 9.17) is 9.68 Å². The van der Waals surface area contributed by atoms with Gasteiger partial charge < -0.3 is 9.32 Å². The number of rotatable bonds is 4. The van der Waals surface area contributed by atoms with E-state index in [-0.39, 0.29) is 0 Å². The molecule has 0 aromatic carbocycles. The fourth-order valence-corrected chi connectivity index (χ4v) is 2.76. The van der Waals surface area contributed by atoms with E-state index in [0.29, 0.717) is 18.8 Å². The summed E-state index contributed by atoms with van der Waals surface area (Å²) >= 11 is 1.76. The molecule has 1 aromatic heterocycles. The van der Waals surface area contributed by atoms with Crippen LogP contribution in [0.3, 0.4) is 0 Å². The molecule has 1 amide bonds. The summed E-state index contributed by atoms with van der Waals surface area (Å²) in [4.78, 5) is 25.7. The van der Waals surface area contributed by atoms with Gasteiger partial charge in [-0.15, -0.1) is 0 Å². The lowest BCUT2D eigenvalue weighted by atomic mass is 10.0. The molecule has 1 atom stereocenters. The van der Waals surface area contributed by atoms with Gasteiger partial charge in [0.05, 0.1) is 12.3 Å². The van der Waals surface area contributed by atoms with Crippen LogP contribution in [0, 0.1) is 17.2 Å². The highest BCUT2D eigenvalue weighted by Crippen LogP contribution is 2.14. The smallest absolute Gasteiger partial charge is 0.247 e. The van der Waals surface area contributed by atoms with Crippen LogP contribution in [0.15, 0.2) is 28.9 Å². The molecule has 0 spiro atoms. The second-order valence-electron chi connectivity index (χ2n) is 4.25. The van der Waals surface area contributed by atoms with Gasteiger partial charge in [0.1, 0.15) is 5.76 Å². The SMILES string of the molecule is N#C[C@@H](C(=O)/C=C\c1ccco1)C(=O)N1CCSCC1. The van der Waals surface area contributed by atoms with Gasteiger partial charge in [-0.05, 0) is 24.3 Å². The average Bonchev–Trinajstić information content (AvgIpc) is 3.00. The molecule has 6 heteroatoms. The lowest BCUT2D eigenvalue weighted by Crippen LogP contribution is -2.43. The highest BCUT2D eigenvalue weighted by Gasteiger charge is 2.29. The molecule has 0 aliphatic carbocycles. The Labute approximate surface area is 121 Å². The Morgan fingerprint density at radius 1 is 1.45 bits per heavy atom. The second-order valence-corrected chi connectivity index (χ2v) is 5.48. The maximum Gasteiger partial charge on any atom is 0.247 e. The molecule has 1 aromatic rings. The number of hydrogen-bond donors (Lipinski definition) is 0. The topological polar surface area (TPSA) is 74.3 Å². The van der Waals surface area contributed by atoms with Crippen molar-refractivity contribution in [3.8, 4) is 6.07 Å². The fraction of sp³-hybridized carbons (Fsp3) is 0.357. The molecule has 1 fully saturated rings. The molecule has 0 unspecified atom stereocenters. The van der Waals surface area contributed by atoms with E-state index in [0.717, 1.165) is 11.5 Å². The summed E-state index contributed by atoms with van der Waals surface area (Å²) in [5.41, 5.74) is 0. The van der Waals surface area contributed by atoms with Crippen molar-refractivity contribution in [2.24, 2.45) is 5.92 Å². The number of amides is 1. The van der Waals surface area contributed by atoms with Gasteiger partial charge in [0.15, 0.2) is 11.7 Å². The molecule has 5 nitrogen and oxygen atoms in total. The van der Waals surface area contributed by atoms with Crippen molar-refractivity contribution >= 4 is 29.5 Å². The van der Waals surface area contributed by atoms with Gasteiger partial charge in [-0.1, -0.05) is 0 Å². The maximum absolute atomic E-state index is 12.1. The molecule has 0 saturated carbocycles. The Kier molecular flexibility index (Phi) is 5.02. The van der Waals surface area contributed by atoms with Crippen molar-refractivity contribution in [1.82, 2.24) is 4.90 Å². The van der Waals surface area contributed by atoms with E-state index >= 15 is 0 Å². The molecule has 104 valence electrons. The number of hydrogen-bond acceptors (Lipinski definition) is 5. The van der Waals surface area contributed by atoms with E-state index in [1.807, 2.05) is 0 Å². The van der Waals surface area contributed by atoms with Gasteiger partial charge in [-0.25, -0.2) is 0 Å². The summed E-state index contributed by atoms with van der Waals surface area (Å²) in [5, 5.41) is 9.07. The van der Waals surface area contributed by atoms with Crippen LogP contribution >= 0.6 is 11.8 Å². The Hall–Kier alpha value is -2.00. The Balaban J connectivity index is 2.01. The molecule has 2 rings (SSSR count). The number of carbonyl (C=O) groups excluding carboxylic acids is 2. The largest absolute Gasteiger partial charge is 0.465 e. The molecular formula is C14H14N2O3S. The molecule has 20 heavy (non-hydrogen) atoms. The lowest BCUT2D eigenvalue weighted by molar-refractivity contribution is -0.137. The van der Waals surface area contributed by atoms with E-state index in [2.05, 4.69) is 0 Å².